The van der Waals surface area contributed by atoms with Crippen LogP contribution in [0, 0.1) is 17.6 Å². The van der Waals surface area contributed by atoms with E-state index in [9.17, 15) is 23.2 Å². The van der Waals surface area contributed by atoms with Crippen molar-refractivity contribution >= 4 is 17.7 Å². The highest BCUT2D eigenvalue weighted by Gasteiger charge is 2.35. The van der Waals surface area contributed by atoms with E-state index in [0.29, 0.717) is 39.2 Å². The SMILES string of the molecule is C=C(C)C1=C(C=C(C)CC)NC(=O)C1CC(=O)NC(Cc1cccc(F)c1)c1ncccc1-c1ccc(F)c(C(N)=O)c1. The number of nitrogens with zero attached hydrogens (tertiary/aromatic N) is 1. The summed E-state index contributed by atoms with van der Waals surface area (Å²) in [6.07, 6.45) is 4.26. The Balaban J connectivity index is 1.72. The molecule has 2 heterocycles. The van der Waals surface area contributed by atoms with Crippen molar-refractivity contribution in [3.05, 3.63) is 124 Å². The number of allylic oxidation sites excluding steroid dienone is 3. The number of aromatic nitrogens is 1. The molecule has 0 saturated carbocycles. The zero-order chi connectivity index (χ0) is 31.3. The fraction of sp³-hybridized carbons (Fsp3) is 0.235. The van der Waals surface area contributed by atoms with Crippen molar-refractivity contribution in [1.82, 2.24) is 15.6 Å². The van der Waals surface area contributed by atoms with Crippen LogP contribution in [0.25, 0.3) is 11.1 Å². The van der Waals surface area contributed by atoms with Gasteiger partial charge in [-0.2, -0.15) is 0 Å². The molecular weight excluding hydrogens is 550 g/mol. The number of rotatable bonds is 11. The van der Waals surface area contributed by atoms with E-state index in [-0.39, 0.29) is 24.3 Å². The Morgan fingerprint density at radius 3 is 2.58 bits per heavy atom. The first-order valence-corrected chi connectivity index (χ1v) is 13.9. The minimum atomic E-state index is -0.922. The lowest BCUT2D eigenvalue weighted by Crippen LogP contribution is -2.34. The van der Waals surface area contributed by atoms with E-state index in [2.05, 4.69) is 22.2 Å². The highest BCUT2D eigenvalue weighted by molar-refractivity contribution is 5.95. The van der Waals surface area contributed by atoms with Gasteiger partial charge in [-0.1, -0.05) is 48.9 Å². The molecule has 0 spiro atoms. The largest absolute Gasteiger partial charge is 0.366 e. The molecule has 0 fully saturated rings. The number of benzene rings is 2. The standard InChI is InChI=1S/C34H34F2N4O3/c1-5-20(4)14-28-31(19(2)3)26(34(43)40-28)18-30(41)39-29(16-21-8-6-9-23(35)15-21)32-24(10-7-13-38-32)22-11-12-27(36)25(17-22)33(37)42/h6-15,17,26,29H,2,5,16,18H2,1,3-4H3,(H2,37,42)(H,39,41)(H,40,43). The van der Waals surface area contributed by atoms with Crippen LogP contribution in [-0.2, 0) is 16.0 Å². The second kappa shape index (κ2) is 13.4. The van der Waals surface area contributed by atoms with Gasteiger partial charge in [-0.05, 0) is 79.8 Å². The number of hydrogen-bond donors (Lipinski definition) is 3. The number of nitrogens with two attached hydrogens (primary N) is 1. The molecule has 0 aliphatic carbocycles. The molecule has 2 atom stereocenters. The van der Waals surface area contributed by atoms with Crippen LogP contribution in [0.2, 0.25) is 0 Å². The Hall–Kier alpha value is -4.92. The topological polar surface area (TPSA) is 114 Å². The summed E-state index contributed by atoms with van der Waals surface area (Å²) < 4.78 is 28.4. The molecule has 222 valence electrons. The molecule has 0 bridgehead atoms. The molecule has 3 aromatic rings. The van der Waals surface area contributed by atoms with E-state index < -0.39 is 35.4 Å². The number of primary amides is 1. The number of pyridine rings is 1. The Bertz CT molecular complexity index is 1660. The number of amides is 3. The van der Waals surface area contributed by atoms with Gasteiger partial charge < -0.3 is 16.4 Å². The Morgan fingerprint density at radius 1 is 1.14 bits per heavy atom. The van der Waals surface area contributed by atoms with Crippen LogP contribution in [0.3, 0.4) is 0 Å². The Labute approximate surface area is 249 Å². The third-order valence-corrected chi connectivity index (χ3v) is 7.39. The van der Waals surface area contributed by atoms with Gasteiger partial charge >= 0.3 is 0 Å². The Morgan fingerprint density at radius 2 is 1.91 bits per heavy atom. The first-order chi connectivity index (χ1) is 20.5. The molecule has 4 rings (SSSR count). The summed E-state index contributed by atoms with van der Waals surface area (Å²) in [6, 6.07) is 12.6. The van der Waals surface area contributed by atoms with Gasteiger partial charge in [0.05, 0.1) is 23.2 Å². The molecule has 9 heteroatoms. The quantitative estimate of drug-likeness (QED) is 0.262. The van der Waals surface area contributed by atoms with Crippen LogP contribution in [0.5, 0.6) is 0 Å². The zero-order valence-corrected chi connectivity index (χ0v) is 24.3. The van der Waals surface area contributed by atoms with Crippen molar-refractivity contribution < 1.29 is 23.2 Å². The van der Waals surface area contributed by atoms with Gasteiger partial charge in [0.25, 0.3) is 5.91 Å². The van der Waals surface area contributed by atoms with E-state index in [0.717, 1.165) is 18.1 Å². The van der Waals surface area contributed by atoms with E-state index >= 15 is 0 Å². The summed E-state index contributed by atoms with van der Waals surface area (Å²) in [6.45, 7) is 9.81. The lowest BCUT2D eigenvalue weighted by Gasteiger charge is -2.23. The van der Waals surface area contributed by atoms with E-state index in [4.69, 9.17) is 5.73 Å². The second-order valence-electron chi connectivity index (χ2n) is 10.6. The molecule has 43 heavy (non-hydrogen) atoms. The van der Waals surface area contributed by atoms with Crippen LogP contribution in [0.1, 0.15) is 61.3 Å². The minimum Gasteiger partial charge on any atom is -0.366 e. The highest BCUT2D eigenvalue weighted by Crippen LogP contribution is 2.33. The predicted octanol–water partition coefficient (Wildman–Crippen LogP) is 5.85. The smallest absolute Gasteiger partial charge is 0.251 e. The van der Waals surface area contributed by atoms with E-state index in [1.165, 1.54) is 24.3 Å². The fourth-order valence-corrected chi connectivity index (χ4v) is 5.17. The average molecular weight is 585 g/mol. The first kappa shape index (κ1) is 31.0. The molecule has 1 aliphatic rings. The van der Waals surface area contributed by atoms with Crippen molar-refractivity contribution in [3.8, 4) is 11.1 Å². The van der Waals surface area contributed by atoms with Crippen LogP contribution >= 0.6 is 0 Å². The van der Waals surface area contributed by atoms with Gasteiger partial charge in [0.15, 0.2) is 0 Å². The normalized spacial score (nSPS) is 15.7. The van der Waals surface area contributed by atoms with Gasteiger partial charge in [0.2, 0.25) is 11.8 Å². The third-order valence-electron chi connectivity index (χ3n) is 7.39. The summed E-state index contributed by atoms with van der Waals surface area (Å²) in [7, 11) is 0. The molecule has 2 aromatic carbocycles. The molecule has 7 nitrogen and oxygen atoms in total. The molecule has 1 aliphatic heterocycles. The van der Waals surface area contributed by atoms with Gasteiger partial charge in [-0.25, -0.2) is 8.78 Å². The monoisotopic (exact) mass is 584 g/mol. The maximum atomic E-state index is 14.3. The molecule has 1 aromatic heterocycles. The number of halogens is 2. The molecule has 4 N–H and O–H groups in total. The van der Waals surface area contributed by atoms with Crippen LogP contribution in [-0.4, -0.2) is 22.7 Å². The summed E-state index contributed by atoms with van der Waals surface area (Å²) >= 11 is 0. The number of hydrogen-bond acceptors (Lipinski definition) is 4. The average Bonchev–Trinajstić information content (AvgIpc) is 3.26. The minimum absolute atomic E-state index is 0.152. The molecule has 0 saturated heterocycles. The lowest BCUT2D eigenvalue weighted by atomic mass is 9.90. The molecule has 3 amide bonds. The maximum absolute atomic E-state index is 14.3. The summed E-state index contributed by atoms with van der Waals surface area (Å²) in [4.78, 5) is 43.0. The predicted molar refractivity (Wildman–Crippen MR) is 161 cm³/mol. The van der Waals surface area contributed by atoms with Crippen molar-refractivity contribution in [2.75, 3.05) is 0 Å². The van der Waals surface area contributed by atoms with Gasteiger partial charge in [-0.15, -0.1) is 0 Å². The third kappa shape index (κ3) is 7.30. The summed E-state index contributed by atoms with van der Waals surface area (Å²) in [5, 5.41) is 5.88. The van der Waals surface area contributed by atoms with Crippen molar-refractivity contribution in [1.29, 1.82) is 0 Å². The lowest BCUT2D eigenvalue weighted by molar-refractivity contribution is -0.128. The number of carbonyl (C=O) groups excluding carboxylic acids is 3. The molecular formula is C34H34F2N4O3. The molecule has 0 radical (unpaired) electrons. The van der Waals surface area contributed by atoms with Crippen molar-refractivity contribution in [2.24, 2.45) is 11.7 Å². The molecule has 2 unspecified atom stereocenters. The van der Waals surface area contributed by atoms with Crippen molar-refractivity contribution in [2.45, 2.75) is 46.1 Å². The number of nitrogens with one attached hydrogen (secondary N) is 2. The highest BCUT2D eigenvalue weighted by atomic mass is 19.1. The summed E-state index contributed by atoms with van der Waals surface area (Å²) in [5.74, 6) is -3.59. The second-order valence-corrected chi connectivity index (χ2v) is 10.6. The maximum Gasteiger partial charge on any atom is 0.251 e. The van der Waals surface area contributed by atoms with Crippen molar-refractivity contribution in [3.63, 3.8) is 0 Å². The summed E-state index contributed by atoms with van der Waals surface area (Å²) in [5.41, 5.74) is 10.1. The number of carbonyl (C=O) groups is 3. The van der Waals surface area contributed by atoms with Gasteiger partial charge in [-0.3, -0.25) is 19.4 Å². The van der Waals surface area contributed by atoms with Gasteiger partial charge in [0, 0.05) is 23.9 Å². The van der Waals surface area contributed by atoms with Crippen LogP contribution in [0.15, 0.2) is 95.9 Å². The first-order valence-electron chi connectivity index (χ1n) is 13.9. The van der Waals surface area contributed by atoms with E-state index in [1.54, 1.807) is 37.4 Å². The van der Waals surface area contributed by atoms with Gasteiger partial charge in [0.1, 0.15) is 11.6 Å². The fourth-order valence-electron chi connectivity index (χ4n) is 5.17. The zero-order valence-electron chi connectivity index (χ0n) is 24.3. The van der Waals surface area contributed by atoms with E-state index in [1.807, 2.05) is 19.9 Å². The van der Waals surface area contributed by atoms with Crippen LogP contribution < -0.4 is 16.4 Å². The Kier molecular flexibility index (Phi) is 9.65. The van der Waals surface area contributed by atoms with Crippen LogP contribution in [0.4, 0.5) is 8.78 Å².